The topological polar surface area (TPSA) is 121 Å². The average molecular weight is 617 g/mol. The van der Waals surface area contributed by atoms with Crippen LogP contribution in [0.5, 0.6) is 0 Å². The molecule has 2 aliphatic rings. The first-order chi connectivity index (χ1) is 21.4. The van der Waals surface area contributed by atoms with Crippen LogP contribution >= 0.6 is 0 Å². The number of carbonyl (C=O) groups excluding carboxylic acids is 3. The number of para-hydroxylation sites is 1. The van der Waals surface area contributed by atoms with Crippen molar-refractivity contribution in [3.05, 3.63) is 64.8 Å². The number of cyclic esters (lactones) is 1. The van der Waals surface area contributed by atoms with Crippen molar-refractivity contribution in [2.45, 2.75) is 98.8 Å². The van der Waals surface area contributed by atoms with Gasteiger partial charge in [-0.1, -0.05) is 72.6 Å². The second-order valence-electron chi connectivity index (χ2n) is 13.6. The highest BCUT2D eigenvalue weighted by molar-refractivity contribution is 6.17. The molecule has 0 N–H and O–H groups in total. The summed E-state index contributed by atoms with van der Waals surface area (Å²) in [6.45, 7) is 13.5. The molecule has 3 heterocycles. The summed E-state index contributed by atoms with van der Waals surface area (Å²) in [5.74, 6) is -0.305. The third kappa shape index (κ3) is 6.37. The molecule has 2 fully saturated rings. The van der Waals surface area contributed by atoms with Gasteiger partial charge in [-0.15, -0.1) is 0 Å². The predicted molar refractivity (Wildman–Crippen MR) is 170 cm³/mol. The zero-order valence-corrected chi connectivity index (χ0v) is 27.1. The number of hydrogen-bond acceptors (Lipinski definition) is 8. The molecule has 4 atom stereocenters. The van der Waals surface area contributed by atoms with Crippen LogP contribution in [0.1, 0.15) is 92.0 Å². The maximum atomic E-state index is 13.7. The minimum Gasteiger partial charge on any atom is -0.462 e. The van der Waals surface area contributed by atoms with Crippen molar-refractivity contribution < 1.29 is 23.9 Å². The number of nitrogens with zero attached hydrogens (tertiary/aromatic N) is 4. The van der Waals surface area contributed by atoms with E-state index in [1.54, 1.807) is 36.4 Å². The first-order valence-corrected chi connectivity index (χ1v) is 16.0. The summed E-state index contributed by atoms with van der Waals surface area (Å²) in [6.07, 6.45) is 3.61. The number of fused-ring (bicyclic) bond motifs is 1. The second kappa shape index (κ2) is 12.7. The number of anilines is 1. The summed E-state index contributed by atoms with van der Waals surface area (Å²) < 4.78 is 12.9. The van der Waals surface area contributed by atoms with Crippen LogP contribution in [0.2, 0.25) is 0 Å². The fraction of sp³-hybridized carbons (Fsp3) is 0.543. The number of ether oxygens (including phenoxy) is 2. The van der Waals surface area contributed by atoms with E-state index in [1.165, 1.54) is 16.8 Å². The van der Waals surface area contributed by atoms with Crippen molar-refractivity contribution in [3.8, 4) is 0 Å². The molecule has 5 rings (SSSR count). The minimum absolute atomic E-state index is 0.00793. The Morgan fingerprint density at radius 3 is 2.38 bits per heavy atom. The molecule has 4 unspecified atom stereocenters. The molecule has 2 amide bonds. The molecule has 1 saturated carbocycles. The maximum absolute atomic E-state index is 13.7. The maximum Gasteiger partial charge on any atom is 0.423 e. The fourth-order valence-corrected chi connectivity index (χ4v) is 6.67. The smallest absolute Gasteiger partial charge is 0.423 e. The Morgan fingerprint density at radius 2 is 1.69 bits per heavy atom. The largest absolute Gasteiger partial charge is 0.462 e. The third-order valence-electron chi connectivity index (χ3n) is 10.4. The van der Waals surface area contributed by atoms with E-state index in [2.05, 4.69) is 51.5 Å². The highest BCUT2D eigenvalue weighted by Crippen LogP contribution is 2.49. The van der Waals surface area contributed by atoms with Gasteiger partial charge in [-0.3, -0.25) is 19.0 Å². The molecule has 0 spiro atoms. The van der Waals surface area contributed by atoms with Crippen LogP contribution in [0.15, 0.2) is 53.5 Å². The van der Waals surface area contributed by atoms with Crippen molar-refractivity contribution in [1.29, 1.82) is 0 Å². The van der Waals surface area contributed by atoms with E-state index in [-0.39, 0.29) is 47.5 Å². The summed E-state index contributed by atoms with van der Waals surface area (Å²) >= 11 is 0. The summed E-state index contributed by atoms with van der Waals surface area (Å²) in [6, 6.07) is 11.6. The van der Waals surface area contributed by atoms with E-state index < -0.39 is 29.6 Å². The summed E-state index contributed by atoms with van der Waals surface area (Å²) in [5.41, 5.74) is 0.125. The first-order valence-electron chi connectivity index (χ1n) is 16.0. The number of imide groups is 1. The summed E-state index contributed by atoms with van der Waals surface area (Å²) in [4.78, 5) is 63.0. The molecule has 0 radical (unpaired) electrons. The Bertz CT molecular complexity index is 1630. The van der Waals surface area contributed by atoms with Gasteiger partial charge in [0.25, 0.3) is 11.5 Å². The van der Waals surface area contributed by atoms with Gasteiger partial charge in [0.2, 0.25) is 6.10 Å². The van der Waals surface area contributed by atoms with Crippen LogP contribution in [-0.2, 0) is 25.6 Å². The molecular weight excluding hydrogens is 572 g/mol. The van der Waals surface area contributed by atoms with E-state index in [0.717, 1.165) is 37.0 Å². The SMILES string of the molecule is CCC(C)(C)C1CCC(OC(=O)CCn2c(C3OC(=O)N(c4ccccn4)C3=O)nc3ccccc3c2=O)C(C(C)(C)CC)C1. The summed E-state index contributed by atoms with van der Waals surface area (Å²) in [7, 11) is 0. The Morgan fingerprint density at radius 1 is 0.978 bits per heavy atom. The van der Waals surface area contributed by atoms with Gasteiger partial charge in [0.1, 0.15) is 11.9 Å². The number of esters is 1. The zero-order chi connectivity index (χ0) is 32.5. The van der Waals surface area contributed by atoms with Crippen molar-refractivity contribution in [2.75, 3.05) is 4.90 Å². The van der Waals surface area contributed by atoms with Crippen LogP contribution in [-0.4, -0.2) is 38.6 Å². The number of hydrogen-bond donors (Lipinski definition) is 0. The molecule has 1 aromatic carbocycles. The number of amides is 2. The molecule has 2 aromatic heterocycles. The molecular formula is C35H44N4O6. The number of carbonyl (C=O) groups is 3. The Hall–Kier alpha value is -4.08. The van der Waals surface area contributed by atoms with Crippen LogP contribution in [0.3, 0.4) is 0 Å². The van der Waals surface area contributed by atoms with Crippen molar-refractivity contribution in [2.24, 2.45) is 22.7 Å². The number of pyridine rings is 1. The molecule has 10 heteroatoms. The quantitative estimate of drug-likeness (QED) is 0.234. The lowest BCUT2D eigenvalue weighted by atomic mass is 9.60. The molecule has 3 aromatic rings. The van der Waals surface area contributed by atoms with Gasteiger partial charge in [-0.05, 0) is 60.3 Å². The Kier molecular flexibility index (Phi) is 9.14. The molecule has 45 heavy (non-hydrogen) atoms. The number of rotatable bonds is 10. The Labute approximate surface area is 264 Å². The van der Waals surface area contributed by atoms with E-state index in [0.29, 0.717) is 16.8 Å². The lowest BCUT2D eigenvalue weighted by Gasteiger charge is -2.48. The lowest BCUT2D eigenvalue weighted by molar-refractivity contribution is -0.160. The van der Waals surface area contributed by atoms with E-state index in [1.807, 2.05) is 0 Å². The van der Waals surface area contributed by atoms with Gasteiger partial charge in [0.05, 0.1) is 17.3 Å². The third-order valence-corrected chi connectivity index (χ3v) is 10.4. The molecule has 240 valence electrons. The molecule has 1 saturated heterocycles. The normalized spacial score (nSPS) is 22.5. The highest BCUT2D eigenvalue weighted by atomic mass is 16.6. The van der Waals surface area contributed by atoms with Gasteiger partial charge >= 0.3 is 12.1 Å². The van der Waals surface area contributed by atoms with Crippen LogP contribution in [0.4, 0.5) is 10.6 Å². The van der Waals surface area contributed by atoms with Crippen molar-refractivity contribution in [1.82, 2.24) is 14.5 Å². The molecule has 1 aliphatic heterocycles. The molecule has 10 nitrogen and oxygen atoms in total. The van der Waals surface area contributed by atoms with Gasteiger partial charge < -0.3 is 9.47 Å². The number of aromatic nitrogens is 3. The van der Waals surface area contributed by atoms with Crippen LogP contribution < -0.4 is 10.5 Å². The van der Waals surface area contributed by atoms with Gasteiger partial charge in [-0.2, -0.15) is 4.90 Å². The fourth-order valence-electron chi connectivity index (χ4n) is 6.67. The Balaban J connectivity index is 1.39. The highest BCUT2D eigenvalue weighted by Gasteiger charge is 2.47. The molecule has 1 aliphatic carbocycles. The monoisotopic (exact) mass is 616 g/mol. The van der Waals surface area contributed by atoms with E-state index >= 15 is 0 Å². The predicted octanol–water partition coefficient (Wildman–Crippen LogP) is 6.61. The van der Waals surface area contributed by atoms with Crippen molar-refractivity contribution >= 4 is 34.7 Å². The van der Waals surface area contributed by atoms with Gasteiger partial charge in [0.15, 0.2) is 5.82 Å². The van der Waals surface area contributed by atoms with E-state index in [4.69, 9.17) is 9.47 Å². The standard InChI is InChI=1S/C35H44N4O6/c1-7-34(3,4)22-16-17-26(24(21-22)35(5,6)8-2)44-28(40)18-20-38-30(37-25-14-10-9-13-23(25)31(38)41)29-32(42)39(33(43)45-29)27-15-11-12-19-36-27/h9-15,19,22,24,26,29H,7-8,16-18,20-21H2,1-6H3. The van der Waals surface area contributed by atoms with Crippen LogP contribution in [0, 0.1) is 22.7 Å². The van der Waals surface area contributed by atoms with E-state index in [9.17, 15) is 19.2 Å². The number of benzene rings is 1. The van der Waals surface area contributed by atoms with Gasteiger partial charge in [0, 0.05) is 18.7 Å². The van der Waals surface area contributed by atoms with Crippen molar-refractivity contribution in [3.63, 3.8) is 0 Å². The average Bonchev–Trinajstić information content (AvgIpc) is 3.33. The molecule has 0 bridgehead atoms. The second-order valence-corrected chi connectivity index (χ2v) is 13.6. The zero-order valence-electron chi connectivity index (χ0n) is 27.1. The first kappa shape index (κ1) is 32.3. The van der Waals surface area contributed by atoms with Crippen LogP contribution in [0.25, 0.3) is 10.9 Å². The minimum atomic E-state index is -1.47. The van der Waals surface area contributed by atoms with Gasteiger partial charge in [-0.25, -0.2) is 14.8 Å². The summed E-state index contributed by atoms with van der Waals surface area (Å²) in [5, 5.41) is 0.328. The lowest BCUT2D eigenvalue weighted by Crippen LogP contribution is -2.44.